The van der Waals surface area contributed by atoms with Crippen molar-refractivity contribution in [2.75, 3.05) is 6.61 Å². The summed E-state index contributed by atoms with van der Waals surface area (Å²) in [5, 5.41) is 19.2. The van der Waals surface area contributed by atoms with Crippen molar-refractivity contribution < 1.29 is 29.3 Å². The maximum absolute atomic E-state index is 12.7. The molecule has 29 heavy (non-hydrogen) atoms. The number of aliphatic carboxylic acids is 1. The summed E-state index contributed by atoms with van der Waals surface area (Å²) < 4.78 is 5.35. The highest BCUT2D eigenvalue weighted by atomic mass is 32.2. The number of phenols is 1. The normalized spacial score (nSPS) is 14.9. The number of ether oxygens (including phenoxy) is 1. The lowest BCUT2D eigenvalue weighted by Gasteiger charge is -2.15. The van der Waals surface area contributed by atoms with Gasteiger partial charge in [-0.1, -0.05) is 36.0 Å². The number of carboxylic acid groups (broad SMARTS) is 1. The monoisotopic (exact) mass is 430 g/mol. The van der Waals surface area contributed by atoms with Gasteiger partial charge in [0.1, 0.15) is 11.5 Å². The number of nitrogens with one attached hydrogen (secondary N) is 1. The molecule has 0 unspecified atom stereocenters. The number of rotatable bonds is 6. The first kappa shape index (κ1) is 20.4. The smallest absolute Gasteiger partial charge is 0.341 e. The van der Waals surface area contributed by atoms with E-state index >= 15 is 0 Å². The van der Waals surface area contributed by atoms with Crippen molar-refractivity contribution in [3.8, 4) is 11.5 Å². The number of para-hydroxylation sites is 1. The number of thioether (sulfide) groups is 1. The average molecular weight is 430 g/mol. The standard InChI is InChI=1S/C19H14N2O6S2/c22-13-6-3-5-12(8-13)17(25)20-21-18(26)15(29-19(21)28)9-11-4-1-2-7-14(11)27-10-16(23)24/h1-9,22H,10H2,(H,20,25)(H,23,24)/b15-9-. The number of amides is 2. The van der Waals surface area contributed by atoms with Crippen LogP contribution in [0.4, 0.5) is 0 Å². The number of carbonyl (C=O) groups excluding carboxylic acids is 2. The summed E-state index contributed by atoms with van der Waals surface area (Å²) >= 11 is 6.16. The molecule has 1 aliphatic rings. The van der Waals surface area contributed by atoms with E-state index in [0.717, 1.165) is 16.8 Å². The van der Waals surface area contributed by atoms with Crippen molar-refractivity contribution in [2.45, 2.75) is 0 Å². The van der Waals surface area contributed by atoms with Crippen molar-refractivity contribution in [2.24, 2.45) is 0 Å². The first-order valence-corrected chi connectivity index (χ1v) is 9.39. The fraction of sp³-hybridized carbons (Fsp3) is 0.0526. The van der Waals surface area contributed by atoms with Crippen LogP contribution >= 0.6 is 24.0 Å². The Bertz CT molecular complexity index is 1040. The van der Waals surface area contributed by atoms with E-state index < -0.39 is 24.4 Å². The Labute approximate surface area is 174 Å². The molecule has 2 aromatic rings. The number of thiocarbonyl (C=S) groups is 1. The quantitative estimate of drug-likeness (QED) is 0.473. The van der Waals surface area contributed by atoms with E-state index in [1.165, 1.54) is 30.3 Å². The molecule has 148 valence electrons. The second kappa shape index (κ2) is 8.76. The maximum atomic E-state index is 12.7. The molecule has 0 aromatic heterocycles. The Morgan fingerprint density at radius 2 is 1.97 bits per heavy atom. The van der Waals surface area contributed by atoms with E-state index in [1.807, 2.05) is 0 Å². The number of hydrogen-bond acceptors (Lipinski definition) is 7. The molecule has 1 fully saturated rings. The minimum absolute atomic E-state index is 0.0825. The van der Waals surface area contributed by atoms with Gasteiger partial charge in [-0.3, -0.25) is 15.0 Å². The van der Waals surface area contributed by atoms with E-state index in [9.17, 15) is 19.5 Å². The van der Waals surface area contributed by atoms with E-state index in [2.05, 4.69) is 5.43 Å². The number of hydrazine groups is 1. The topological polar surface area (TPSA) is 116 Å². The lowest BCUT2D eigenvalue weighted by atomic mass is 10.2. The van der Waals surface area contributed by atoms with Gasteiger partial charge < -0.3 is 14.9 Å². The molecule has 0 atom stereocenters. The molecule has 0 aliphatic carbocycles. The van der Waals surface area contributed by atoms with Gasteiger partial charge in [-0.25, -0.2) is 4.79 Å². The number of hydrogen-bond donors (Lipinski definition) is 3. The summed E-state index contributed by atoms with van der Waals surface area (Å²) in [6.07, 6.45) is 1.51. The Balaban J connectivity index is 1.78. The van der Waals surface area contributed by atoms with Gasteiger partial charge in [-0.05, 0) is 42.6 Å². The van der Waals surface area contributed by atoms with Crippen LogP contribution < -0.4 is 10.2 Å². The Morgan fingerprint density at radius 1 is 1.21 bits per heavy atom. The van der Waals surface area contributed by atoms with Crippen LogP contribution in [0.2, 0.25) is 0 Å². The van der Waals surface area contributed by atoms with Gasteiger partial charge in [-0.15, -0.1) is 0 Å². The molecule has 10 heteroatoms. The molecule has 8 nitrogen and oxygen atoms in total. The highest BCUT2D eigenvalue weighted by Gasteiger charge is 2.34. The van der Waals surface area contributed by atoms with Gasteiger partial charge >= 0.3 is 5.97 Å². The summed E-state index contributed by atoms with van der Waals surface area (Å²) in [6, 6.07) is 12.3. The molecule has 2 aromatic carbocycles. The molecule has 3 N–H and O–H groups in total. The summed E-state index contributed by atoms with van der Waals surface area (Å²) in [7, 11) is 0. The largest absolute Gasteiger partial charge is 0.508 e. The minimum atomic E-state index is -1.12. The molecular weight excluding hydrogens is 416 g/mol. The fourth-order valence-corrected chi connectivity index (χ4v) is 3.56. The molecule has 0 bridgehead atoms. The van der Waals surface area contributed by atoms with Gasteiger partial charge in [0.2, 0.25) is 0 Å². The molecule has 1 aliphatic heterocycles. The van der Waals surface area contributed by atoms with Gasteiger partial charge in [0.15, 0.2) is 10.9 Å². The third kappa shape index (κ3) is 4.92. The van der Waals surface area contributed by atoms with Crippen molar-refractivity contribution in [1.29, 1.82) is 0 Å². The number of nitrogens with zero attached hydrogens (tertiary/aromatic N) is 1. The van der Waals surface area contributed by atoms with Crippen LogP contribution in [-0.2, 0) is 9.59 Å². The number of carbonyl (C=O) groups is 3. The number of benzene rings is 2. The van der Waals surface area contributed by atoms with Crippen molar-refractivity contribution >= 4 is 52.2 Å². The summed E-state index contributed by atoms with van der Waals surface area (Å²) in [5.41, 5.74) is 3.07. The third-order valence-electron chi connectivity index (χ3n) is 3.67. The number of carboxylic acids is 1. The summed E-state index contributed by atoms with van der Waals surface area (Å²) in [5.74, 6) is -2.06. The van der Waals surface area contributed by atoms with Crippen molar-refractivity contribution in [3.05, 3.63) is 64.6 Å². The predicted octanol–water partition coefficient (Wildman–Crippen LogP) is 2.40. The van der Waals surface area contributed by atoms with Crippen molar-refractivity contribution in [3.63, 3.8) is 0 Å². The van der Waals surface area contributed by atoms with Gasteiger partial charge in [0.25, 0.3) is 11.8 Å². The molecule has 0 spiro atoms. The summed E-state index contributed by atoms with van der Waals surface area (Å²) in [4.78, 5) is 36.0. The zero-order valence-electron chi connectivity index (χ0n) is 14.7. The third-order valence-corrected chi connectivity index (χ3v) is 4.97. The van der Waals surface area contributed by atoms with Gasteiger partial charge in [0.05, 0.1) is 4.91 Å². The molecule has 3 rings (SSSR count). The Morgan fingerprint density at radius 3 is 2.69 bits per heavy atom. The van der Waals surface area contributed by atoms with Crippen LogP contribution in [0.1, 0.15) is 15.9 Å². The van der Waals surface area contributed by atoms with E-state index in [4.69, 9.17) is 22.1 Å². The van der Waals surface area contributed by atoms with E-state index in [0.29, 0.717) is 11.3 Å². The zero-order valence-corrected chi connectivity index (χ0v) is 16.3. The van der Waals surface area contributed by atoms with Gasteiger partial charge in [-0.2, -0.15) is 5.01 Å². The second-order valence-corrected chi connectivity index (χ2v) is 7.40. The maximum Gasteiger partial charge on any atom is 0.341 e. The van der Waals surface area contributed by atoms with E-state index in [-0.39, 0.29) is 20.5 Å². The van der Waals surface area contributed by atoms with Gasteiger partial charge in [0, 0.05) is 11.1 Å². The van der Waals surface area contributed by atoms with Crippen LogP contribution in [0.25, 0.3) is 6.08 Å². The fourth-order valence-electron chi connectivity index (χ4n) is 2.39. The van der Waals surface area contributed by atoms with E-state index in [1.54, 1.807) is 24.3 Å². The first-order valence-electron chi connectivity index (χ1n) is 8.17. The first-order chi connectivity index (χ1) is 13.8. The molecular formula is C19H14N2O6S2. The molecule has 0 saturated carbocycles. The predicted molar refractivity (Wildman–Crippen MR) is 110 cm³/mol. The molecule has 1 heterocycles. The minimum Gasteiger partial charge on any atom is -0.508 e. The lowest BCUT2D eigenvalue weighted by Crippen LogP contribution is -2.44. The Hall–Kier alpha value is -3.37. The van der Waals surface area contributed by atoms with Crippen LogP contribution in [0.3, 0.4) is 0 Å². The average Bonchev–Trinajstić information content (AvgIpc) is 2.94. The number of aromatic hydroxyl groups is 1. The van der Waals surface area contributed by atoms with Crippen LogP contribution in [0, 0.1) is 0 Å². The van der Waals surface area contributed by atoms with Crippen LogP contribution in [-0.4, -0.2) is 43.9 Å². The SMILES string of the molecule is O=C(O)COc1ccccc1/C=C1\SC(=S)N(NC(=O)c2cccc(O)c2)C1=O. The van der Waals surface area contributed by atoms with Crippen LogP contribution in [0.5, 0.6) is 11.5 Å². The van der Waals surface area contributed by atoms with Crippen molar-refractivity contribution in [1.82, 2.24) is 10.4 Å². The molecule has 0 radical (unpaired) electrons. The molecule has 1 saturated heterocycles. The second-order valence-electron chi connectivity index (χ2n) is 5.73. The molecule has 2 amide bonds. The summed E-state index contributed by atoms with van der Waals surface area (Å²) in [6.45, 7) is -0.522. The highest BCUT2D eigenvalue weighted by Crippen LogP contribution is 2.33. The lowest BCUT2D eigenvalue weighted by molar-refractivity contribution is -0.139. The Kier molecular flexibility index (Phi) is 6.15. The highest BCUT2D eigenvalue weighted by molar-refractivity contribution is 8.26. The van der Waals surface area contributed by atoms with Crippen LogP contribution in [0.15, 0.2) is 53.4 Å². The zero-order chi connectivity index (χ0) is 21.0. The number of phenolic OH excluding ortho intramolecular Hbond substituents is 1.